The first-order chi connectivity index (χ1) is 8.49. The maximum Gasteiger partial charge on any atom is 0.107 e. The first-order valence-corrected chi connectivity index (χ1v) is 8.02. The molecule has 1 saturated heterocycles. The summed E-state index contributed by atoms with van der Waals surface area (Å²) in [7, 11) is 0. The molecule has 1 aliphatic rings. The molecule has 2 nitrogen and oxygen atoms in total. The van der Waals surface area contributed by atoms with E-state index in [2.05, 4.69) is 43.0 Å². The van der Waals surface area contributed by atoms with Gasteiger partial charge in [-0.25, -0.2) is 4.98 Å². The summed E-state index contributed by atoms with van der Waals surface area (Å²) in [6, 6.07) is 0. The monoisotopic (exact) mass is 266 g/mol. The molecule has 3 heteroatoms. The maximum atomic E-state index is 4.67. The van der Waals surface area contributed by atoms with E-state index >= 15 is 0 Å². The Balaban J connectivity index is 1.83. The quantitative estimate of drug-likeness (QED) is 0.823. The van der Waals surface area contributed by atoms with E-state index in [4.69, 9.17) is 0 Å². The summed E-state index contributed by atoms with van der Waals surface area (Å²) in [5, 5.41) is 3.50. The first-order valence-electron chi connectivity index (χ1n) is 7.14. The Labute approximate surface area is 115 Å². The van der Waals surface area contributed by atoms with Crippen molar-refractivity contribution in [3.05, 3.63) is 16.1 Å². The summed E-state index contributed by atoms with van der Waals surface area (Å²) in [4.78, 5) is 7.24. The lowest BCUT2D eigenvalue weighted by Crippen LogP contribution is -2.37. The number of hydrogen-bond acceptors (Lipinski definition) is 3. The van der Waals surface area contributed by atoms with Gasteiger partial charge in [-0.2, -0.15) is 0 Å². The molecule has 0 N–H and O–H groups in total. The molecule has 102 valence electrons. The van der Waals surface area contributed by atoms with Crippen molar-refractivity contribution >= 4 is 11.3 Å². The summed E-state index contributed by atoms with van der Waals surface area (Å²) in [6.07, 6.45) is 3.74. The van der Waals surface area contributed by atoms with Crippen molar-refractivity contribution in [1.29, 1.82) is 0 Å². The van der Waals surface area contributed by atoms with Crippen molar-refractivity contribution < 1.29 is 0 Å². The minimum atomic E-state index is 0.475. The van der Waals surface area contributed by atoms with Gasteiger partial charge in [0.2, 0.25) is 0 Å². The molecule has 0 spiro atoms. The Bertz CT molecular complexity index is 370. The summed E-state index contributed by atoms with van der Waals surface area (Å²) >= 11 is 1.82. The van der Waals surface area contributed by atoms with Crippen LogP contribution in [-0.2, 0) is 13.0 Å². The molecule has 18 heavy (non-hydrogen) atoms. The third-order valence-electron chi connectivity index (χ3n) is 4.13. The fourth-order valence-electron chi connectivity index (χ4n) is 2.73. The third kappa shape index (κ3) is 3.55. The Morgan fingerprint density at radius 3 is 2.50 bits per heavy atom. The molecule has 0 amide bonds. The van der Waals surface area contributed by atoms with E-state index in [0.29, 0.717) is 5.41 Å². The van der Waals surface area contributed by atoms with Crippen molar-refractivity contribution in [1.82, 2.24) is 9.88 Å². The molecule has 2 rings (SSSR count). The highest BCUT2D eigenvalue weighted by molar-refractivity contribution is 7.09. The number of thiazole rings is 1. The predicted molar refractivity (Wildman–Crippen MR) is 78.9 cm³/mol. The molecule has 1 fully saturated rings. The van der Waals surface area contributed by atoms with Crippen molar-refractivity contribution in [2.75, 3.05) is 13.1 Å². The number of likely N-dealkylation sites (tertiary alicyclic amines) is 1. The van der Waals surface area contributed by atoms with Crippen LogP contribution in [0.25, 0.3) is 0 Å². The van der Waals surface area contributed by atoms with Crippen molar-refractivity contribution in [2.45, 2.75) is 53.5 Å². The van der Waals surface area contributed by atoms with Gasteiger partial charge >= 0.3 is 0 Å². The van der Waals surface area contributed by atoms with Gasteiger partial charge in [0.1, 0.15) is 5.01 Å². The molecule has 0 aliphatic carbocycles. The van der Waals surface area contributed by atoms with Crippen LogP contribution in [0.2, 0.25) is 0 Å². The van der Waals surface area contributed by atoms with Gasteiger partial charge in [-0.3, -0.25) is 4.90 Å². The summed E-state index contributed by atoms with van der Waals surface area (Å²) in [5.74, 6) is 0.885. The van der Waals surface area contributed by atoms with Crippen LogP contribution >= 0.6 is 11.3 Å². The molecular weight excluding hydrogens is 240 g/mol. The lowest BCUT2D eigenvalue weighted by atomic mass is 9.75. The molecule has 1 aromatic heterocycles. The molecule has 2 heterocycles. The van der Waals surface area contributed by atoms with E-state index in [9.17, 15) is 0 Å². The molecule has 1 aromatic rings. The summed E-state index contributed by atoms with van der Waals surface area (Å²) in [5.41, 5.74) is 1.72. The molecule has 0 bridgehead atoms. The highest BCUT2D eigenvalue weighted by Gasteiger charge is 2.28. The second kappa shape index (κ2) is 5.70. The largest absolute Gasteiger partial charge is 0.297 e. The molecule has 0 unspecified atom stereocenters. The van der Waals surface area contributed by atoms with E-state index in [1.165, 1.54) is 36.6 Å². The van der Waals surface area contributed by atoms with Crippen LogP contribution in [-0.4, -0.2) is 23.0 Å². The van der Waals surface area contributed by atoms with Crippen LogP contribution < -0.4 is 0 Å². The lowest BCUT2D eigenvalue weighted by molar-refractivity contribution is 0.108. The highest BCUT2D eigenvalue weighted by Crippen LogP contribution is 2.34. The zero-order chi connectivity index (χ0) is 13.2. The number of rotatable bonds is 3. The second-order valence-electron chi connectivity index (χ2n) is 6.50. The van der Waals surface area contributed by atoms with E-state index in [1.807, 2.05) is 11.3 Å². The molecular formula is C15H26N2S. The number of hydrogen-bond donors (Lipinski definition) is 0. The minimum Gasteiger partial charge on any atom is -0.297 e. The lowest BCUT2D eigenvalue weighted by Gasteiger charge is -2.38. The molecule has 0 aromatic carbocycles. The standard InChI is InChI=1S/C15H26N2S/c1-5-13-11-18-14(16-13)10-17-8-6-12(7-9-17)15(2,3)4/h11-12H,5-10H2,1-4H3. The molecule has 0 radical (unpaired) electrons. The Morgan fingerprint density at radius 2 is 2.00 bits per heavy atom. The smallest absolute Gasteiger partial charge is 0.107 e. The molecule has 0 atom stereocenters. The number of aryl methyl sites for hydroxylation is 1. The van der Waals surface area contributed by atoms with Gasteiger partial charge in [-0.15, -0.1) is 11.3 Å². The first kappa shape index (κ1) is 14.0. The fourth-order valence-corrected chi connectivity index (χ4v) is 3.65. The Kier molecular flexibility index (Phi) is 4.44. The van der Waals surface area contributed by atoms with Gasteiger partial charge in [0.05, 0.1) is 12.2 Å². The van der Waals surface area contributed by atoms with E-state index in [1.54, 1.807) is 0 Å². The molecule has 0 saturated carbocycles. The van der Waals surface area contributed by atoms with Gasteiger partial charge < -0.3 is 0 Å². The van der Waals surface area contributed by atoms with Gasteiger partial charge in [0, 0.05) is 5.38 Å². The maximum absolute atomic E-state index is 4.67. The predicted octanol–water partition coefficient (Wildman–Crippen LogP) is 3.96. The van der Waals surface area contributed by atoms with Crippen LogP contribution in [0.3, 0.4) is 0 Å². The Hall–Kier alpha value is -0.410. The fraction of sp³-hybridized carbons (Fsp3) is 0.800. The number of aromatic nitrogens is 1. The summed E-state index contributed by atoms with van der Waals surface area (Å²) in [6.45, 7) is 12.8. The van der Waals surface area contributed by atoms with Crippen molar-refractivity contribution in [2.24, 2.45) is 11.3 Å². The molecule has 1 aliphatic heterocycles. The number of nitrogens with zero attached hydrogens (tertiary/aromatic N) is 2. The van der Waals surface area contributed by atoms with Gasteiger partial charge in [0.15, 0.2) is 0 Å². The van der Waals surface area contributed by atoms with E-state index < -0.39 is 0 Å². The topological polar surface area (TPSA) is 16.1 Å². The normalized spacial score (nSPS) is 19.3. The van der Waals surface area contributed by atoms with E-state index in [-0.39, 0.29) is 0 Å². The SMILES string of the molecule is CCc1csc(CN2CCC(C(C)(C)C)CC2)n1. The average molecular weight is 266 g/mol. The third-order valence-corrected chi connectivity index (χ3v) is 5.02. The van der Waals surface area contributed by atoms with Crippen LogP contribution in [0.5, 0.6) is 0 Å². The van der Waals surface area contributed by atoms with Crippen LogP contribution in [0.4, 0.5) is 0 Å². The van der Waals surface area contributed by atoms with Crippen molar-refractivity contribution in [3.63, 3.8) is 0 Å². The zero-order valence-corrected chi connectivity index (χ0v) is 13.0. The van der Waals surface area contributed by atoms with E-state index in [0.717, 1.165) is 18.9 Å². The van der Waals surface area contributed by atoms with Gasteiger partial charge in [-0.1, -0.05) is 27.7 Å². The average Bonchev–Trinajstić information content (AvgIpc) is 2.76. The van der Waals surface area contributed by atoms with Crippen LogP contribution in [0, 0.1) is 11.3 Å². The minimum absolute atomic E-state index is 0.475. The van der Waals surface area contributed by atoms with Crippen LogP contribution in [0.15, 0.2) is 5.38 Å². The summed E-state index contributed by atoms with van der Waals surface area (Å²) < 4.78 is 0. The van der Waals surface area contributed by atoms with Crippen molar-refractivity contribution in [3.8, 4) is 0 Å². The van der Waals surface area contributed by atoms with Gasteiger partial charge in [-0.05, 0) is 43.7 Å². The Morgan fingerprint density at radius 1 is 1.33 bits per heavy atom. The second-order valence-corrected chi connectivity index (χ2v) is 7.45. The van der Waals surface area contributed by atoms with Gasteiger partial charge in [0.25, 0.3) is 0 Å². The highest BCUT2D eigenvalue weighted by atomic mass is 32.1. The zero-order valence-electron chi connectivity index (χ0n) is 12.2. The number of piperidine rings is 1. The van der Waals surface area contributed by atoms with Crippen LogP contribution in [0.1, 0.15) is 51.2 Å².